The van der Waals surface area contributed by atoms with Crippen molar-refractivity contribution in [3.8, 4) is 0 Å². The Morgan fingerprint density at radius 2 is 2.06 bits per heavy atom. The third-order valence-corrected chi connectivity index (χ3v) is 3.26. The number of nitrogens with one attached hydrogen (secondary N) is 1. The topological polar surface area (TPSA) is 41.5 Å². The van der Waals surface area contributed by atoms with Crippen molar-refractivity contribution in [3.05, 3.63) is 0 Å². The van der Waals surface area contributed by atoms with Crippen molar-refractivity contribution in [2.75, 3.05) is 19.8 Å². The molecule has 1 atom stereocenters. The number of rotatable bonds is 9. The van der Waals surface area contributed by atoms with E-state index in [1.165, 1.54) is 25.7 Å². The van der Waals surface area contributed by atoms with E-state index >= 15 is 0 Å². The fraction of sp³-hybridized carbons (Fsp3) is 1.00. The van der Waals surface area contributed by atoms with Crippen LogP contribution >= 0.6 is 0 Å². The molecule has 3 heteroatoms. The molecule has 1 fully saturated rings. The van der Waals surface area contributed by atoms with Gasteiger partial charge in [-0.3, -0.25) is 0 Å². The van der Waals surface area contributed by atoms with Gasteiger partial charge < -0.3 is 15.2 Å². The lowest BCUT2D eigenvalue weighted by Crippen LogP contribution is -2.28. The Kier molecular flexibility index (Phi) is 7.81. The van der Waals surface area contributed by atoms with Gasteiger partial charge in [0.15, 0.2) is 0 Å². The van der Waals surface area contributed by atoms with E-state index in [9.17, 15) is 0 Å². The summed E-state index contributed by atoms with van der Waals surface area (Å²) in [6, 6.07) is 0.513. The van der Waals surface area contributed by atoms with Crippen LogP contribution in [-0.2, 0) is 4.74 Å². The van der Waals surface area contributed by atoms with E-state index in [0.29, 0.717) is 18.8 Å². The number of hydrogen-bond donors (Lipinski definition) is 2. The Morgan fingerprint density at radius 1 is 1.31 bits per heavy atom. The van der Waals surface area contributed by atoms with E-state index in [1.54, 1.807) is 0 Å². The van der Waals surface area contributed by atoms with Crippen molar-refractivity contribution >= 4 is 0 Å². The lowest BCUT2D eigenvalue weighted by molar-refractivity contribution is 0.0566. The molecule has 0 amide bonds. The molecular weight excluding hydrogens is 202 g/mol. The van der Waals surface area contributed by atoms with Crippen molar-refractivity contribution in [1.82, 2.24) is 5.32 Å². The monoisotopic (exact) mass is 229 g/mol. The Balaban J connectivity index is 1.83. The van der Waals surface area contributed by atoms with Crippen molar-refractivity contribution in [1.29, 1.82) is 0 Å². The first kappa shape index (κ1) is 13.9. The highest BCUT2D eigenvalue weighted by atomic mass is 16.5. The minimum atomic E-state index is 0.302. The van der Waals surface area contributed by atoms with Gasteiger partial charge in [-0.15, -0.1) is 0 Å². The van der Waals surface area contributed by atoms with Gasteiger partial charge in [-0.1, -0.05) is 12.8 Å². The number of aliphatic hydroxyl groups excluding tert-OH is 1. The molecule has 2 N–H and O–H groups in total. The van der Waals surface area contributed by atoms with E-state index in [2.05, 4.69) is 12.2 Å². The lowest BCUT2D eigenvalue weighted by atomic mass is 10.2. The van der Waals surface area contributed by atoms with Gasteiger partial charge in [-0.25, -0.2) is 0 Å². The Hall–Kier alpha value is -0.120. The Bertz CT molecular complexity index is 158. The number of hydrogen-bond acceptors (Lipinski definition) is 3. The van der Waals surface area contributed by atoms with E-state index in [0.717, 1.165) is 32.4 Å². The van der Waals surface area contributed by atoms with Crippen LogP contribution in [0.1, 0.15) is 51.9 Å². The van der Waals surface area contributed by atoms with Gasteiger partial charge >= 0.3 is 0 Å². The molecule has 3 nitrogen and oxygen atoms in total. The summed E-state index contributed by atoms with van der Waals surface area (Å²) in [5, 5.41) is 12.1. The van der Waals surface area contributed by atoms with Crippen LogP contribution in [0.2, 0.25) is 0 Å². The molecule has 0 aromatic heterocycles. The standard InChI is InChI=1S/C13H27NO2/c1-12(6-4-10-15)14-9-5-11-16-13-7-2-3-8-13/h12-15H,2-11H2,1H3. The molecule has 0 aliphatic heterocycles. The van der Waals surface area contributed by atoms with Gasteiger partial charge in [0.25, 0.3) is 0 Å². The molecule has 0 aromatic carbocycles. The zero-order valence-corrected chi connectivity index (χ0v) is 10.6. The lowest BCUT2D eigenvalue weighted by Gasteiger charge is -2.14. The fourth-order valence-electron chi connectivity index (χ4n) is 2.23. The molecule has 16 heavy (non-hydrogen) atoms. The quantitative estimate of drug-likeness (QED) is 0.595. The molecule has 1 aliphatic rings. The van der Waals surface area contributed by atoms with Crippen molar-refractivity contribution in [2.45, 2.75) is 64.0 Å². The van der Waals surface area contributed by atoms with E-state index in [1.807, 2.05) is 0 Å². The number of aliphatic hydroxyl groups is 1. The van der Waals surface area contributed by atoms with Crippen LogP contribution in [0.3, 0.4) is 0 Å². The van der Waals surface area contributed by atoms with Crippen LogP contribution < -0.4 is 5.32 Å². The van der Waals surface area contributed by atoms with Gasteiger partial charge in [0, 0.05) is 19.3 Å². The van der Waals surface area contributed by atoms with Crippen LogP contribution in [0.15, 0.2) is 0 Å². The normalized spacial score (nSPS) is 19.1. The van der Waals surface area contributed by atoms with E-state index in [-0.39, 0.29) is 0 Å². The largest absolute Gasteiger partial charge is 0.396 e. The zero-order valence-electron chi connectivity index (χ0n) is 10.6. The smallest absolute Gasteiger partial charge is 0.0575 e. The zero-order chi connectivity index (χ0) is 11.6. The summed E-state index contributed by atoms with van der Waals surface area (Å²) >= 11 is 0. The predicted molar refractivity (Wildman–Crippen MR) is 66.6 cm³/mol. The molecule has 96 valence electrons. The summed E-state index contributed by atoms with van der Waals surface area (Å²) in [6.45, 7) is 4.40. The van der Waals surface area contributed by atoms with Crippen LogP contribution in [0.25, 0.3) is 0 Å². The second-order valence-electron chi connectivity index (χ2n) is 4.85. The third kappa shape index (κ3) is 6.46. The maximum Gasteiger partial charge on any atom is 0.0575 e. The molecule has 1 aliphatic carbocycles. The minimum absolute atomic E-state index is 0.302. The second kappa shape index (κ2) is 8.97. The molecule has 0 saturated heterocycles. The fourth-order valence-corrected chi connectivity index (χ4v) is 2.23. The Labute approximate surface area is 99.6 Å². The summed E-state index contributed by atoms with van der Waals surface area (Å²) in [4.78, 5) is 0. The molecule has 1 unspecified atom stereocenters. The summed E-state index contributed by atoms with van der Waals surface area (Å²) in [6.07, 6.45) is 8.82. The van der Waals surface area contributed by atoms with Crippen LogP contribution in [0, 0.1) is 0 Å². The highest BCUT2D eigenvalue weighted by molar-refractivity contribution is 4.67. The summed E-state index contributed by atoms with van der Waals surface area (Å²) in [5.41, 5.74) is 0. The molecule has 0 radical (unpaired) electrons. The summed E-state index contributed by atoms with van der Waals surface area (Å²) in [7, 11) is 0. The predicted octanol–water partition coefficient (Wildman–Crippen LogP) is 2.09. The highest BCUT2D eigenvalue weighted by Gasteiger charge is 2.14. The van der Waals surface area contributed by atoms with Crippen molar-refractivity contribution in [2.24, 2.45) is 0 Å². The molecule has 1 saturated carbocycles. The van der Waals surface area contributed by atoms with Crippen LogP contribution in [0.5, 0.6) is 0 Å². The van der Waals surface area contributed by atoms with Gasteiger partial charge in [0.05, 0.1) is 6.10 Å². The van der Waals surface area contributed by atoms with E-state index in [4.69, 9.17) is 9.84 Å². The first-order chi connectivity index (χ1) is 7.83. The van der Waals surface area contributed by atoms with Crippen molar-refractivity contribution < 1.29 is 9.84 Å². The SMILES string of the molecule is CC(CCCO)NCCCOC1CCCC1. The summed E-state index contributed by atoms with van der Waals surface area (Å²) < 4.78 is 5.79. The van der Waals surface area contributed by atoms with Gasteiger partial charge in [-0.2, -0.15) is 0 Å². The highest BCUT2D eigenvalue weighted by Crippen LogP contribution is 2.20. The first-order valence-electron chi connectivity index (χ1n) is 6.78. The molecular formula is C13H27NO2. The first-order valence-corrected chi connectivity index (χ1v) is 6.78. The molecule has 0 bridgehead atoms. The Morgan fingerprint density at radius 3 is 2.75 bits per heavy atom. The minimum Gasteiger partial charge on any atom is -0.396 e. The van der Waals surface area contributed by atoms with Gasteiger partial charge in [0.1, 0.15) is 0 Å². The average Bonchev–Trinajstić information content (AvgIpc) is 2.79. The van der Waals surface area contributed by atoms with E-state index < -0.39 is 0 Å². The number of ether oxygens (including phenoxy) is 1. The average molecular weight is 229 g/mol. The maximum absolute atomic E-state index is 8.70. The second-order valence-corrected chi connectivity index (χ2v) is 4.85. The van der Waals surface area contributed by atoms with Gasteiger partial charge in [0.2, 0.25) is 0 Å². The van der Waals surface area contributed by atoms with Crippen LogP contribution in [-0.4, -0.2) is 37.0 Å². The molecule has 1 rings (SSSR count). The van der Waals surface area contributed by atoms with Crippen molar-refractivity contribution in [3.63, 3.8) is 0 Å². The van der Waals surface area contributed by atoms with Crippen LogP contribution in [0.4, 0.5) is 0 Å². The molecule has 0 spiro atoms. The maximum atomic E-state index is 8.70. The third-order valence-electron chi connectivity index (χ3n) is 3.26. The molecule has 0 aromatic rings. The van der Waals surface area contributed by atoms with Gasteiger partial charge in [-0.05, 0) is 45.6 Å². The summed E-state index contributed by atoms with van der Waals surface area (Å²) in [5.74, 6) is 0. The molecule has 0 heterocycles.